The second-order valence-electron chi connectivity index (χ2n) is 8.99. The molecule has 3 heteroatoms. The fourth-order valence-corrected chi connectivity index (χ4v) is 5.50. The van der Waals surface area contributed by atoms with E-state index in [1.54, 1.807) is 6.07 Å². The third-order valence-corrected chi connectivity index (χ3v) is 7.39. The van der Waals surface area contributed by atoms with E-state index >= 15 is 0 Å². The molecular formula is C28H32FNS. The van der Waals surface area contributed by atoms with Crippen LogP contribution in [0.25, 0.3) is 20.2 Å². The molecule has 1 atom stereocenters. The number of hydrogen-bond acceptors (Lipinski definition) is 2. The average Bonchev–Trinajstić information content (AvgIpc) is 3.11. The van der Waals surface area contributed by atoms with E-state index in [0.29, 0.717) is 17.5 Å². The second kappa shape index (κ2) is 9.00. The highest BCUT2D eigenvalue weighted by molar-refractivity contribution is 7.25. The number of halogens is 1. The molecule has 0 aliphatic rings. The molecule has 3 aromatic carbocycles. The molecule has 0 N–H and O–H groups in total. The summed E-state index contributed by atoms with van der Waals surface area (Å²) < 4.78 is 17.1. The number of anilines is 2. The molecule has 4 aromatic rings. The Balaban J connectivity index is 1.82. The Bertz CT molecular complexity index is 1210. The SMILES string of the molecule is CCCCC(C)N(c1ccc(C)c(F)c1)c1ccc2c(c1)sc1cc(C(C)C)ccc12. The third-order valence-electron chi connectivity index (χ3n) is 6.28. The number of fused-ring (bicyclic) bond motifs is 3. The lowest BCUT2D eigenvalue weighted by molar-refractivity contribution is 0.596. The molecule has 0 spiro atoms. The summed E-state index contributed by atoms with van der Waals surface area (Å²) >= 11 is 1.85. The van der Waals surface area contributed by atoms with Crippen LogP contribution in [0.4, 0.5) is 15.8 Å². The number of aryl methyl sites for hydroxylation is 1. The highest BCUT2D eigenvalue weighted by Crippen LogP contribution is 2.39. The van der Waals surface area contributed by atoms with Gasteiger partial charge in [0.2, 0.25) is 0 Å². The van der Waals surface area contributed by atoms with Crippen LogP contribution in [0.3, 0.4) is 0 Å². The van der Waals surface area contributed by atoms with Crippen molar-refractivity contribution in [3.8, 4) is 0 Å². The smallest absolute Gasteiger partial charge is 0.128 e. The summed E-state index contributed by atoms with van der Waals surface area (Å²) in [7, 11) is 0. The number of unbranched alkanes of at least 4 members (excludes halogenated alkanes) is 1. The molecule has 0 saturated carbocycles. The Morgan fingerprint density at radius 3 is 2.19 bits per heavy atom. The first-order chi connectivity index (χ1) is 14.9. The molecule has 1 aromatic heterocycles. The van der Waals surface area contributed by atoms with Gasteiger partial charge in [-0.15, -0.1) is 11.3 Å². The highest BCUT2D eigenvalue weighted by atomic mass is 32.1. The summed E-state index contributed by atoms with van der Waals surface area (Å²) in [6, 6.07) is 19.5. The number of rotatable bonds is 7. The van der Waals surface area contributed by atoms with Crippen molar-refractivity contribution in [3.63, 3.8) is 0 Å². The zero-order valence-electron chi connectivity index (χ0n) is 19.2. The molecule has 162 valence electrons. The Kier molecular flexibility index (Phi) is 6.34. The Morgan fingerprint density at radius 1 is 0.871 bits per heavy atom. The van der Waals surface area contributed by atoms with E-state index in [0.717, 1.165) is 30.6 Å². The molecule has 4 rings (SSSR count). The molecule has 0 fully saturated rings. The fourth-order valence-electron chi connectivity index (χ4n) is 4.31. The fraction of sp³-hybridized carbons (Fsp3) is 0.357. The largest absolute Gasteiger partial charge is 0.339 e. The maximum absolute atomic E-state index is 14.4. The zero-order valence-corrected chi connectivity index (χ0v) is 20.0. The van der Waals surface area contributed by atoms with Gasteiger partial charge in [0.25, 0.3) is 0 Å². The van der Waals surface area contributed by atoms with Gasteiger partial charge in [-0.3, -0.25) is 0 Å². The van der Waals surface area contributed by atoms with Crippen molar-refractivity contribution < 1.29 is 4.39 Å². The lowest BCUT2D eigenvalue weighted by Gasteiger charge is -2.32. The van der Waals surface area contributed by atoms with Gasteiger partial charge < -0.3 is 4.90 Å². The van der Waals surface area contributed by atoms with E-state index in [-0.39, 0.29) is 5.82 Å². The predicted octanol–water partition coefficient (Wildman–Crippen LogP) is 9.34. The van der Waals surface area contributed by atoms with Gasteiger partial charge in [-0.1, -0.05) is 57.9 Å². The molecule has 0 saturated heterocycles. The van der Waals surface area contributed by atoms with Gasteiger partial charge in [-0.05, 0) is 67.6 Å². The molecule has 1 unspecified atom stereocenters. The Morgan fingerprint density at radius 2 is 1.52 bits per heavy atom. The first kappa shape index (κ1) is 21.8. The van der Waals surface area contributed by atoms with Crippen molar-refractivity contribution in [2.45, 2.75) is 65.8 Å². The molecular weight excluding hydrogens is 401 g/mol. The van der Waals surface area contributed by atoms with Crippen LogP contribution in [-0.2, 0) is 0 Å². The van der Waals surface area contributed by atoms with Crippen molar-refractivity contribution >= 4 is 42.9 Å². The van der Waals surface area contributed by atoms with E-state index in [2.05, 4.69) is 69.0 Å². The summed E-state index contributed by atoms with van der Waals surface area (Å²) in [5.41, 5.74) is 4.12. The molecule has 0 bridgehead atoms. The second-order valence-corrected chi connectivity index (χ2v) is 10.1. The monoisotopic (exact) mass is 433 g/mol. The van der Waals surface area contributed by atoms with Crippen LogP contribution >= 0.6 is 11.3 Å². The molecule has 1 heterocycles. The topological polar surface area (TPSA) is 3.24 Å². The number of thiophene rings is 1. The number of benzene rings is 3. The first-order valence-electron chi connectivity index (χ1n) is 11.4. The Labute approximate surface area is 189 Å². The maximum atomic E-state index is 14.4. The summed E-state index contributed by atoms with van der Waals surface area (Å²) in [6.45, 7) is 10.8. The quantitative estimate of drug-likeness (QED) is 0.280. The predicted molar refractivity (Wildman–Crippen MR) is 136 cm³/mol. The molecule has 0 amide bonds. The van der Waals surface area contributed by atoms with E-state index in [9.17, 15) is 4.39 Å². The van der Waals surface area contributed by atoms with Gasteiger partial charge >= 0.3 is 0 Å². The van der Waals surface area contributed by atoms with Crippen molar-refractivity contribution in [1.82, 2.24) is 0 Å². The van der Waals surface area contributed by atoms with Crippen LogP contribution in [0.5, 0.6) is 0 Å². The van der Waals surface area contributed by atoms with Gasteiger partial charge in [-0.2, -0.15) is 0 Å². The standard InChI is InChI=1S/C28H32FNS/c1-6-7-8-20(5)30(22-11-9-19(4)26(29)16-22)23-12-14-25-24-13-10-21(18(2)3)15-27(24)31-28(25)17-23/h9-18,20H,6-8H2,1-5H3. The normalized spacial score (nSPS) is 12.7. The van der Waals surface area contributed by atoms with Gasteiger partial charge in [0.15, 0.2) is 0 Å². The van der Waals surface area contributed by atoms with E-state index < -0.39 is 0 Å². The molecule has 1 nitrogen and oxygen atoms in total. The maximum Gasteiger partial charge on any atom is 0.128 e. The van der Waals surface area contributed by atoms with E-state index in [4.69, 9.17) is 0 Å². The minimum atomic E-state index is -0.144. The van der Waals surface area contributed by atoms with Crippen molar-refractivity contribution in [3.05, 3.63) is 71.5 Å². The van der Waals surface area contributed by atoms with Crippen LogP contribution in [0.2, 0.25) is 0 Å². The molecule has 0 aliphatic heterocycles. The minimum Gasteiger partial charge on any atom is -0.339 e. The van der Waals surface area contributed by atoms with Crippen molar-refractivity contribution in [2.75, 3.05) is 4.90 Å². The van der Waals surface area contributed by atoms with Crippen LogP contribution < -0.4 is 4.90 Å². The zero-order chi connectivity index (χ0) is 22.1. The summed E-state index contributed by atoms with van der Waals surface area (Å²) in [4.78, 5) is 2.31. The van der Waals surface area contributed by atoms with Crippen LogP contribution in [-0.4, -0.2) is 6.04 Å². The summed E-state index contributed by atoms with van der Waals surface area (Å²) in [5, 5.41) is 2.62. The number of nitrogens with zero attached hydrogens (tertiary/aromatic N) is 1. The van der Waals surface area contributed by atoms with Gasteiger partial charge in [0.1, 0.15) is 5.82 Å². The number of hydrogen-bond donors (Lipinski definition) is 0. The summed E-state index contributed by atoms with van der Waals surface area (Å²) in [5.74, 6) is 0.380. The van der Waals surface area contributed by atoms with Gasteiger partial charge in [-0.25, -0.2) is 4.39 Å². The van der Waals surface area contributed by atoms with Crippen LogP contribution in [0, 0.1) is 12.7 Å². The third kappa shape index (κ3) is 4.34. The minimum absolute atomic E-state index is 0.144. The molecule has 31 heavy (non-hydrogen) atoms. The van der Waals surface area contributed by atoms with Gasteiger partial charge in [0.05, 0.1) is 0 Å². The van der Waals surface area contributed by atoms with Gasteiger partial charge in [0, 0.05) is 37.6 Å². The lowest BCUT2D eigenvalue weighted by atomic mass is 10.0. The van der Waals surface area contributed by atoms with Crippen LogP contribution in [0.1, 0.15) is 64.0 Å². The van der Waals surface area contributed by atoms with Crippen molar-refractivity contribution in [1.29, 1.82) is 0 Å². The lowest BCUT2D eigenvalue weighted by Crippen LogP contribution is -2.28. The Hall–Kier alpha value is -2.39. The van der Waals surface area contributed by atoms with E-state index in [1.807, 2.05) is 30.4 Å². The molecule has 0 aliphatic carbocycles. The summed E-state index contributed by atoms with van der Waals surface area (Å²) in [6.07, 6.45) is 3.40. The highest BCUT2D eigenvalue weighted by Gasteiger charge is 2.19. The van der Waals surface area contributed by atoms with Crippen molar-refractivity contribution in [2.24, 2.45) is 0 Å². The first-order valence-corrected chi connectivity index (χ1v) is 12.2. The van der Waals surface area contributed by atoms with Crippen LogP contribution in [0.15, 0.2) is 54.6 Å². The van der Waals surface area contributed by atoms with E-state index in [1.165, 1.54) is 25.7 Å². The molecule has 0 radical (unpaired) electrons. The average molecular weight is 434 g/mol.